The maximum atomic E-state index is 13.1. The molecule has 4 nitrogen and oxygen atoms in total. The number of aliphatic carboxylic acids is 1. The van der Waals surface area contributed by atoms with Gasteiger partial charge in [-0.2, -0.15) is 13.2 Å². The van der Waals surface area contributed by atoms with Gasteiger partial charge in [-0.3, -0.25) is 9.59 Å². The molecule has 1 aromatic carbocycles. The Hall–Kier alpha value is -2.05. The summed E-state index contributed by atoms with van der Waals surface area (Å²) in [6.07, 6.45) is -4.96. The predicted octanol–water partition coefficient (Wildman–Crippen LogP) is 2.19. The van der Waals surface area contributed by atoms with Crippen molar-refractivity contribution >= 4 is 11.9 Å². The summed E-state index contributed by atoms with van der Waals surface area (Å²) in [7, 11) is 0. The summed E-state index contributed by atoms with van der Waals surface area (Å²) in [5.74, 6) is -2.77. The lowest BCUT2D eigenvalue weighted by Gasteiger charge is -2.33. The van der Waals surface area contributed by atoms with Gasteiger partial charge in [-0.25, -0.2) is 0 Å². The fraction of sp³-hybridized carbons (Fsp3) is 0.467. The maximum absolute atomic E-state index is 13.1. The first kappa shape index (κ1) is 14.9. The van der Waals surface area contributed by atoms with Gasteiger partial charge in [-0.1, -0.05) is 24.3 Å². The van der Waals surface area contributed by atoms with E-state index in [-0.39, 0.29) is 6.54 Å². The van der Waals surface area contributed by atoms with Gasteiger partial charge in [-0.15, -0.1) is 0 Å². The summed E-state index contributed by atoms with van der Waals surface area (Å²) >= 11 is 0. The standard InChI is InChI=1S/C15H14F3NO3/c16-15(17,18)14(13(21)22)5-6-19(8-14)12(20)11-7-9-3-1-2-4-10(9)11/h1-4,11H,5-8H2,(H,21,22). The summed E-state index contributed by atoms with van der Waals surface area (Å²) < 4.78 is 39.4. The maximum Gasteiger partial charge on any atom is 0.406 e. The third-order valence-corrected chi connectivity index (χ3v) is 4.69. The van der Waals surface area contributed by atoms with E-state index in [4.69, 9.17) is 5.11 Å². The zero-order valence-corrected chi connectivity index (χ0v) is 11.6. The zero-order valence-electron chi connectivity index (χ0n) is 11.6. The minimum Gasteiger partial charge on any atom is -0.481 e. The van der Waals surface area contributed by atoms with Gasteiger partial charge in [-0.05, 0) is 24.0 Å². The van der Waals surface area contributed by atoms with E-state index in [2.05, 4.69) is 0 Å². The molecule has 3 rings (SSSR count). The second kappa shape index (κ2) is 4.72. The van der Waals surface area contributed by atoms with Crippen LogP contribution in [-0.2, 0) is 16.0 Å². The van der Waals surface area contributed by atoms with Crippen molar-refractivity contribution in [2.24, 2.45) is 5.41 Å². The number of nitrogens with zero attached hydrogens (tertiary/aromatic N) is 1. The number of hydrogen-bond donors (Lipinski definition) is 1. The fourth-order valence-corrected chi connectivity index (χ4v) is 3.22. The number of rotatable bonds is 2. The fourth-order valence-electron chi connectivity index (χ4n) is 3.22. The summed E-state index contributed by atoms with van der Waals surface area (Å²) in [5, 5.41) is 9.01. The van der Waals surface area contributed by atoms with Crippen LogP contribution in [0.5, 0.6) is 0 Å². The van der Waals surface area contributed by atoms with Crippen molar-refractivity contribution in [3.8, 4) is 0 Å². The number of fused-ring (bicyclic) bond motifs is 1. The second-order valence-electron chi connectivity index (χ2n) is 5.85. The highest BCUT2D eigenvalue weighted by atomic mass is 19.4. The second-order valence-corrected chi connectivity index (χ2v) is 5.85. The highest BCUT2D eigenvalue weighted by Gasteiger charge is 2.64. The molecule has 1 aliphatic heterocycles. The third kappa shape index (κ3) is 1.99. The average Bonchev–Trinajstić information content (AvgIpc) is 2.86. The number of likely N-dealkylation sites (tertiary alicyclic amines) is 1. The number of amides is 1. The molecule has 1 amide bonds. The van der Waals surface area contributed by atoms with Gasteiger partial charge < -0.3 is 10.0 Å². The van der Waals surface area contributed by atoms with Crippen LogP contribution in [0.2, 0.25) is 0 Å². The minimum atomic E-state index is -4.87. The molecular formula is C15H14F3NO3. The Labute approximate surface area is 124 Å². The van der Waals surface area contributed by atoms with Crippen LogP contribution >= 0.6 is 0 Å². The number of carboxylic acid groups (broad SMARTS) is 1. The SMILES string of the molecule is O=C(C1Cc2ccccc21)N1CCC(C(=O)O)(C(F)(F)F)C1. The van der Waals surface area contributed by atoms with Gasteiger partial charge >= 0.3 is 12.1 Å². The monoisotopic (exact) mass is 313 g/mol. The molecule has 118 valence electrons. The molecule has 0 bridgehead atoms. The first-order chi connectivity index (χ1) is 10.3. The van der Waals surface area contributed by atoms with Crippen LogP contribution in [0.3, 0.4) is 0 Å². The van der Waals surface area contributed by atoms with Crippen molar-refractivity contribution in [2.75, 3.05) is 13.1 Å². The van der Waals surface area contributed by atoms with E-state index in [0.29, 0.717) is 6.42 Å². The largest absolute Gasteiger partial charge is 0.481 e. The molecule has 1 aromatic rings. The molecule has 7 heteroatoms. The lowest BCUT2D eigenvalue weighted by atomic mass is 9.77. The molecule has 1 saturated heterocycles. The van der Waals surface area contributed by atoms with Crippen molar-refractivity contribution in [1.82, 2.24) is 4.90 Å². The van der Waals surface area contributed by atoms with Crippen LogP contribution in [0.4, 0.5) is 13.2 Å². The number of halogens is 3. The Morgan fingerprint density at radius 1 is 1.27 bits per heavy atom. The van der Waals surface area contributed by atoms with Gasteiger partial charge in [0.1, 0.15) is 0 Å². The van der Waals surface area contributed by atoms with Gasteiger partial charge in [0.15, 0.2) is 5.41 Å². The number of carbonyl (C=O) groups excluding carboxylic acids is 1. The van der Waals surface area contributed by atoms with E-state index >= 15 is 0 Å². The molecule has 1 aliphatic carbocycles. The summed E-state index contributed by atoms with van der Waals surface area (Å²) in [5.41, 5.74) is -1.00. The zero-order chi connectivity index (χ0) is 16.1. The predicted molar refractivity (Wildman–Crippen MR) is 70.2 cm³/mol. The molecular weight excluding hydrogens is 299 g/mol. The summed E-state index contributed by atoms with van der Waals surface area (Å²) in [6, 6.07) is 7.28. The Morgan fingerprint density at radius 3 is 2.50 bits per heavy atom. The first-order valence-electron chi connectivity index (χ1n) is 6.93. The van der Waals surface area contributed by atoms with E-state index in [1.54, 1.807) is 12.1 Å². The lowest BCUT2D eigenvalue weighted by Crippen LogP contribution is -2.48. The number of alkyl halides is 3. The Morgan fingerprint density at radius 2 is 1.95 bits per heavy atom. The van der Waals surface area contributed by atoms with E-state index in [9.17, 15) is 22.8 Å². The molecule has 2 aliphatic rings. The number of benzene rings is 1. The van der Waals surface area contributed by atoms with E-state index in [1.165, 1.54) is 0 Å². The van der Waals surface area contributed by atoms with Gasteiger partial charge in [0.25, 0.3) is 0 Å². The van der Waals surface area contributed by atoms with Gasteiger partial charge in [0.2, 0.25) is 5.91 Å². The minimum absolute atomic E-state index is 0.177. The molecule has 2 unspecified atom stereocenters. The quantitative estimate of drug-likeness (QED) is 0.910. The molecule has 1 heterocycles. The van der Waals surface area contributed by atoms with Crippen molar-refractivity contribution in [2.45, 2.75) is 24.9 Å². The van der Waals surface area contributed by atoms with Crippen LogP contribution in [0.15, 0.2) is 24.3 Å². The van der Waals surface area contributed by atoms with Gasteiger partial charge in [0, 0.05) is 13.1 Å². The molecule has 1 N–H and O–H groups in total. The van der Waals surface area contributed by atoms with Crippen LogP contribution in [0.1, 0.15) is 23.5 Å². The normalized spacial score (nSPS) is 27.2. The lowest BCUT2D eigenvalue weighted by molar-refractivity contribution is -0.227. The highest BCUT2D eigenvalue weighted by molar-refractivity contribution is 5.88. The van der Waals surface area contributed by atoms with Crippen LogP contribution in [0.25, 0.3) is 0 Å². The highest BCUT2D eigenvalue weighted by Crippen LogP contribution is 2.47. The molecule has 0 radical (unpaired) electrons. The first-order valence-corrected chi connectivity index (χ1v) is 6.93. The van der Waals surface area contributed by atoms with E-state index in [1.807, 2.05) is 12.1 Å². The van der Waals surface area contributed by atoms with Crippen molar-refractivity contribution in [1.29, 1.82) is 0 Å². The van der Waals surface area contributed by atoms with E-state index < -0.39 is 42.4 Å². The number of carboxylic acids is 1. The third-order valence-electron chi connectivity index (χ3n) is 4.69. The Bertz CT molecular complexity index is 643. The topological polar surface area (TPSA) is 57.6 Å². The van der Waals surface area contributed by atoms with Crippen LogP contribution in [-0.4, -0.2) is 41.1 Å². The Balaban J connectivity index is 1.79. The average molecular weight is 313 g/mol. The van der Waals surface area contributed by atoms with Gasteiger partial charge in [0.05, 0.1) is 5.92 Å². The molecule has 22 heavy (non-hydrogen) atoms. The molecule has 2 atom stereocenters. The molecule has 0 saturated carbocycles. The Kier molecular flexibility index (Phi) is 3.19. The number of carbonyl (C=O) groups is 2. The molecule has 0 spiro atoms. The number of hydrogen-bond acceptors (Lipinski definition) is 2. The van der Waals surface area contributed by atoms with Crippen LogP contribution < -0.4 is 0 Å². The van der Waals surface area contributed by atoms with Crippen LogP contribution in [0, 0.1) is 5.41 Å². The molecule has 1 fully saturated rings. The van der Waals surface area contributed by atoms with E-state index in [0.717, 1.165) is 16.0 Å². The smallest absolute Gasteiger partial charge is 0.406 e. The summed E-state index contributed by atoms with van der Waals surface area (Å²) in [6.45, 7) is -0.980. The van der Waals surface area contributed by atoms with Crippen molar-refractivity contribution in [3.05, 3.63) is 35.4 Å². The summed E-state index contributed by atoms with van der Waals surface area (Å²) in [4.78, 5) is 24.6. The molecule has 0 aromatic heterocycles. The van der Waals surface area contributed by atoms with Crippen molar-refractivity contribution < 1.29 is 27.9 Å². The van der Waals surface area contributed by atoms with Crippen molar-refractivity contribution in [3.63, 3.8) is 0 Å².